The van der Waals surface area contributed by atoms with Crippen molar-refractivity contribution in [2.45, 2.75) is 52.5 Å². The van der Waals surface area contributed by atoms with Crippen molar-refractivity contribution in [2.24, 2.45) is 16.8 Å². The summed E-state index contributed by atoms with van der Waals surface area (Å²) < 4.78 is 1.97. The third-order valence-electron chi connectivity index (χ3n) is 4.53. The average molecular weight is 433 g/mol. The Kier molecular flexibility index (Phi) is 10.3. The fourth-order valence-electron chi connectivity index (χ4n) is 3.10. The normalized spacial score (nSPS) is 21.6. The first-order valence-corrected chi connectivity index (χ1v) is 8.79. The summed E-state index contributed by atoms with van der Waals surface area (Å²) in [5.74, 6) is 2.54. The summed E-state index contributed by atoms with van der Waals surface area (Å²) in [6.07, 6.45) is 10.4. The van der Waals surface area contributed by atoms with Crippen LogP contribution in [0.5, 0.6) is 0 Å². The van der Waals surface area contributed by atoms with E-state index in [4.69, 9.17) is 4.99 Å². The maximum atomic E-state index is 4.79. The Bertz CT molecular complexity index is 432. The van der Waals surface area contributed by atoms with Crippen molar-refractivity contribution in [2.75, 3.05) is 19.6 Å². The molecule has 1 aliphatic rings. The minimum atomic E-state index is 0. The number of hydrogen-bond acceptors (Lipinski definition) is 2. The number of aliphatic imine (C=N–C) groups is 1. The molecule has 0 saturated heterocycles. The molecule has 6 heteroatoms. The Hall–Kier alpha value is -0.790. The number of guanidine groups is 1. The third kappa shape index (κ3) is 7.54. The average Bonchev–Trinajstić information content (AvgIpc) is 3.03. The predicted molar refractivity (Wildman–Crippen MR) is 107 cm³/mol. The zero-order valence-electron chi connectivity index (χ0n) is 14.5. The van der Waals surface area contributed by atoms with Crippen LogP contribution in [-0.4, -0.2) is 35.4 Å². The minimum absolute atomic E-state index is 0. The lowest BCUT2D eigenvalue weighted by molar-refractivity contribution is 0.263. The Labute approximate surface area is 157 Å². The molecule has 1 aliphatic carbocycles. The number of rotatable bonds is 7. The van der Waals surface area contributed by atoms with Crippen LogP contribution in [-0.2, 0) is 6.54 Å². The molecule has 2 N–H and O–H groups in total. The van der Waals surface area contributed by atoms with Crippen molar-refractivity contribution in [1.82, 2.24) is 20.4 Å². The van der Waals surface area contributed by atoms with Crippen LogP contribution in [0, 0.1) is 11.8 Å². The van der Waals surface area contributed by atoms with Gasteiger partial charge in [0.25, 0.3) is 0 Å². The molecule has 5 nitrogen and oxygen atoms in total. The molecule has 23 heavy (non-hydrogen) atoms. The van der Waals surface area contributed by atoms with Crippen molar-refractivity contribution in [3.63, 3.8) is 0 Å². The van der Waals surface area contributed by atoms with Crippen molar-refractivity contribution >= 4 is 29.9 Å². The molecular weight excluding hydrogens is 401 g/mol. The predicted octanol–water partition coefficient (Wildman–Crippen LogP) is 3.27. The second kappa shape index (κ2) is 11.7. The molecule has 1 fully saturated rings. The molecule has 0 aliphatic heterocycles. The van der Waals surface area contributed by atoms with E-state index in [0.717, 1.165) is 50.4 Å². The van der Waals surface area contributed by atoms with Gasteiger partial charge in [0.1, 0.15) is 0 Å². The summed E-state index contributed by atoms with van der Waals surface area (Å²) in [6, 6.07) is 1.96. The highest BCUT2D eigenvalue weighted by Gasteiger charge is 2.20. The first kappa shape index (κ1) is 20.3. The summed E-state index contributed by atoms with van der Waals surface area (Å²) in [4.78, 5) is 4.79. The van der Waals surface area contributed by atoms with Gasteiger partial charge in [0, 0.05) is 38.6 Å². The molecule has 1 aromatic heterocycles. The largest absolute Gasteiger partial charge is 0.357 e. The van der Waals surface area contributed by atoms with E-state index >= 15 is 0 Å². The van der Waals surface area contributed by atoms with Crippen LogP contribution < -0.4 is 10.6 Å². The Morgan fingerprint density at radius 1 is 1.30 bits per heavy atom. The summed E-state index contributed by atoms with van der Waals surface area (Å²) in [5, 5.41) is 11.0. The van der Waals surface area contributed by atoms with Gasteiger partial charge < -0.3 is 10.6 Å². The van der Waals surface area contributed by atoms with Crippen molar-refractivity contribution in [3.05, 3.63) is 18.5 Å². The number of hydrogen-bond donors (Lipinski definition) is 2. The zero-order chi connectivity index (χ0) is 15.6. The van der Waals surface area contributed by atoms with Gasteiger partial charge in [-0.05, 0) is 37.7 Å². The molecular formula is C17H32IN5. The van der Waals surface area contributed by atoms with E-state index in [0.29, 0.717) is 0 Å². The van der Waals surface area contributed by atoms with Crippen LogP contribution in [0.3, 0.4) is 0 Å². The number of nitrogens with one attached hydrogen (secondary N) is 2. The number of halogens is 1. The molecule has 1 heterocycles. The van der Waals surface area contributed by atoms with Crippen molar-refractivity contribution < 1.29 is 0 Å². The molecule has 0 aromatic carbocycles. The standard InChI is InChI=1S/C17H31N5.HI/c1-3-18-17(19-10-6-12-22-13-7-11-21-22)20-14-16-9-5-4-8-15(16)2;/h7,11,13,15-16H,3-6,8-10,12,14H2,1-2H3,(H2,18,19,20);1H. The summed E-state index contributed by atoms with van der Waals surface area (Å²) in [7, 11) is 0. The third-order valence-corrected chi connectivity index (χ3v) is 4.53. The molecule has 0 radical (unpaired) electrons. The fraction of sp³-hybridized carbons (Fsp3) is 0.765. The zero-order valence-corrected chi connectivity index (χ0v) is 16.8. The first-order valence-electron chi connectivity index (χ1n) is 8.79. The smallest absolute Gasteiger partial charge is 0.191 e. The van der Waals surface area contributed by atoms with Crippen LogP contribution in [0.1, 0.15) is 46.0 Å². The van der Waals surface area contributed by atoms with Gasteiger partial charge in [-0.2, -0.15) is 5.10 Å². The van der Waals surface area contributed by atoms with Gasteiger partial charge in [0.05, 0.1) is 0 Å². The highest BCUT2D eigenvalue weighted by atomic mass is 127. The number of nitrogens with zero attached hydrogens (tertiary/aromatic N) is 3. The van der Waals surface area contributed by atoms with E-state index in [1.807, 2.05) is 23.1 Å². The summed E-state index contributed by atoms with van der Waals surface area (Å²) in [6.45, 7) is 8.22. The Morgan fingerprint density at radius 2 is 2.13 bits per heavy atom. The molecule has 0 bridgehead atoms. The van der Waals surface area contributed by atoms with Gasteiger partial charge in [0.2, 0.25) is 0 Å². The SMILES string of the molecule is CCNC(=NCC1CCCCC1C)NCCCn1cccn1.I. The Balaban J connectivity index is 0.00000264. The number of aryl methyl sites for hydroxylation is 1. The van der Waals surface area contributed by atoms with Gasteiger partial charge in [-0.1, -0.05) is 26.2 Å². The molecule has 2 atom stereocenters. The monoisotopic (exact) mass is 433 g/mol. The second-order valence-corrected chi connectivity index (χ2v) is 6.29. The van der Waals surface area contributed by atoms with E-state index in [-0.39, 0.29) is 24.0 Å². The topological polar surface area (TPSA) is 54.2 Å². The lowest BCUT2D eigenvalue weighted by atomic mass is 9.80. The van der Waals surface area contributed by atoms with Crippen LogP contribution in [0.4, 0.5) is 0 Å². The van der Waals surface area contributed by atoms with Gasteiger partial charge >= 0.3 is 0 Å². The van der Waals surface area contributed by atoms with Gasteiger partial charge in [-0.15, -0.1) is 24.0 Å². The summed E-state index contributed by atoms with van der Waals surface area (Å²) >= 11 is 0. The maximum Gasteiger partial charge on any atom is 0.191 e. The molecule has 132 valence electrons. The van der Waals surface area contributed by atoms with Crippen LogP contribution >= 0.6 is 24.0 Å². The van der Waals surface area contributed by atoms with Crippen LogP contribution in [0.2, 0.25) is 0 Å². The van der Waals surface area contributed by atoms with E-state index in [1.165, 1.54) is 25.7 Å². The van der Waals surface area contributed by atoms with Crippen molar-refractivity contribution in [1.29, 1.82) is 0 Å². The highest BCUT2D eigenvalue weighted by Crippen LogP contribution is 2.29. The second-order valence-electron chi connectivity index (χ2n) is 6.29. The quantitative estimate of drug-likeness (QED) is 0.300. The van der Waals surface area contributed by atoms with Gasteiger partial charge in [-0.25, -0.2) is 0 Å². The molecule has 1 saturated carbocycles. The molecule has 1 aromatic rings. The minimum Gasteiger partial charge on any atom is -0.357 e. The maximum absolute atomic E-state index is 4.79. The number of aromatic nitrogens is 2. The molecule has 0 spiro atoms. The molecule has 2 unspecified atom stereocenters. The molecule has 0 amide bonds. The van der Waals surface area contributed by atoms with Crippen LogP contribution in [0.25, 0.3) is 0 Å². The van der Waals surface area contributed by atoms with E-state index in [2.05, 4.69) is 29.6 Å². The van der Waals surface area contributed by atoms with E-state index in [9.17, 15) is 0 Å². The lowest BCUT2D eigenvalue weighted by Gasteiger charge is -2.27. The van der Waals surface area contributed by atoms with Gasteiger partial charge in [-0.3, -0.25) is 9.67 Å². The fourth-order valence-corrected chi connectivity index (χ4v) is 3.10. The van der Waals surface area contributed by atoms with E-state index < -0.39 is 0 Å². The highest BCUT2D eigenvalue weighted by molar-refractivity contribution is 14.0. The van der Waals surface area contributed by atoms with Crippen LogP contribution in [0.15, 0.2) is 23.5 Å². The van der Waals surface area contributed by atoms with Crippen molar-refractivity contribution in [3.8, 4) is 0 Å². The lowest BCUT2D eigenvalue weighted by Crippen LogP contribution is -2.38. The molecule has 2 rings (SSSR count). The summed E-state index contributed by atoms with van der Waals surface area (Å²) in [5.41, 5.74) is 0. The first-order chi connectivity index (χ1) is 10.8. The Morgan fingerprint density at radius 3 is 2.83 bits per heavy atom. The van der Waals surface area contributed by atoms with E-state index in [1.54, 1.807) is 0 Å². The van der Waals surface area contributed by atoms with Gasteiger partial charge in [0.15, 0.2) is 5.96 Å².